The Morgan fingerprint density at radius 3 is 2.72 bits per heavy atom. The van der Waals surface area contributed by atoms with Crippen LogP contribution in [0, 0.1) is 12.7 Å². The van der Waals surface area contributed by atoms with Crippen LogP contribution >= 0.6 is 0 Å². The number of hydrazine groups is 1. The number of hydrogen-bond acceptors (Lipinski definition) is 4. The van der Waals surface area contributed by atoms with Crippen LogP contribution in [-0.2, 0) is 17.9 Å². The first-order chi connectivity index (χ1) is 13.9. The van der Waals surface area contributed by atoms with Crippen LogP contribution in [0.1, 0.15) is 29.2 Å². The summed E-state index contributed by atoms with van der Waals surface area (Å²) in [5.41, 5.74) is 7.38. The predicted octanol–water partition coefficient (Wildman–Crippen LogP) is 3.79. The van der Waals surface area contributed by atoms with Gasteiger partial charge in [-0.15, -0.1) is 0 Å². The van der Waals surface area contributed by atoms with Crippen LogP contribution in [0.3, 0.4) is 0 Å². The lowest BCUT2D eigenvalue weighted by molar-refractivity contribution is -0.144. The number of carbonyl (C=O) groups excluding carboxylic acids is 1. The molecule has 0 aromatic heterocycles. The molecule has 6 heteroatoms. The fourth-order valence-electron chi connectivity index (χ4n) is 3.74. The van der Waals surface area contributed by atoms with Crippen molar-refractivity contribution in [3.05, 3.63) is 70.5 Å². The second-order valence-corrected chi connectivity index (χ2v) is 7.66. The first-order valence-corrected chi connectivity index (χ1v) is 9.76. The van der Waals surface area contributed by atoms with E-state index >= 15 is 0 Å². The van der Waals surface area contributed by atoms with Gasteiger partial charge in [-0.2, -0.15) is 0 Å². The molecule has 2 aromatic carbocycles. The van der Waals surface area contributed by atoms with Gasteiger partial charge in [-0.3, -0.25) is 14.8 Å². The van der Waals surface area contributed by atoms with E-state index in [0.717, 1.165) is 33.7 Å². The Hall–Kier alpha value is -2.99. The quantitative estimate of drug-likeness (QED) is 0.842. The monoisotopic (exact) mass is 392 g/mol. The largest absolute Gasteiger partial charge is 0.376 e. The number of fused-ring (bicyclic) bond motifs is 1. The topological polar surface area (TPSA) is 47.9 Å². The molecule has 0 aliphatic carbocycles. The minimum atomic E-state index is -0.241. The van der Waals surface area contributed by atoms with Crippen molar-refractivity contribution in [2.24, 2.45) is 4.99 Å². The maximum Gasteiger partial charge on any atom is 0.255 e. The van der Waals surface area contributed by atoms with Gasteiger partial charge in [0.1, 0.15) is 5.82 Å². The van der Waals surface area contributed by atoms with Crippen molar-refractivity contribution in [2.75, 3.05) is 25.5 Å². The van der Waals surface area contributed by atoms with Crippen molar-refractivity contribution in [3.63, 3.8) is 0 Å². The molecule has 1 N–H and O–H groups in total. The maximum atomic E-state index is 13.4. The predicted molar refractivity (Wildman–Crippen MR) is 114 cm³/mol. The van der Waals surface area contributed by atoms with Crippen molar-refractivity contribution in [2.45, 2.75) is 26.9 Å². The molecule has 2 aliphatic heterocycles. The van der Waals surface area contributed by atoms with E-state index in [9.17, 15) is 9.18 Å². The first-order valence-electron chi connectivity index (χ1n) is 9.76. The average Bonchev–Trinajstić information content (AvgIpc) is 3.32. The van der Waals surface area contributed by atoms with Crippen LogP contribution < -0.4 is 5.32 Å². The zero-order chi connectivity index (χ0) is 20.5. The molecule has 0 saturated heterocycles. The number of carbonyl (C=O) groups is 1. The second kappa shape index (κ2) is 7.79. The Morgan fingerprint density at radius 1 is 1.17 bits per heavy atom. The van der Waals surface area contributed by atoms with Crippen LogP contribution in [0.2, 0.25) is 0 Å². The van der Waals surface area contributed by atoms with Crippen molar-refractivity contribution in [1.82, 2.24) is 10.0 Å². The summed E-state index contributed by atoms with van der Waals surface area (Å²) in [6.45, 7) is 6.07. The van der Waals surface area contributed by atoms with E-state index in [0.29, 0.717) is 19.6 Å². The lowest BCUT2D eigenvalue weighted by Gasteiger charge is -2.28. The zero-order valence-electron chi connectivity index (χ0n) is 17.0. The van der Waals surface area contributed by atoms with E-state index in [-0.39, 0.29) is 18.3 Å². The number of likely N-dealkylation sites (N-methyl/N-ethyl adjacent to an activating group) is 1. The molecular weight excluding hydrogens is 367 g/mol. The molecule has 2 heterocycles. The van der Waals surface area contributed by atoms with Gasteiger partial charge in [-0.25, -0.2) is 9.40 Å². The second-order valence-electron chi connectivity index (χ2n) is 7.66. The molecule has 4 rings (SSSR count). The summed E-state index contributed by atoms with van der Waals surface area (Å²) in [4.78, 5) is 17.2. The molecule has 0 bridgehead atoms. The summed E-state index contributed by atoms with van der Waals surface area (Å²) in [5, 5.41) is 6.84. The van der Waals surface area contributed by atoms with Gasteiger partial charge in [-0.1, -0.05) is 18.2 Å². The van der Waals surface area contributed by atoms with E-state index < -0.39 is 0 Å². The fraction of sp³-hybridized carbons (Fsp3) is 0.304. The van der Waals surface area contributed by atoms with Crippen LogP contribution in [-0.4, -0.2) is 41.8 Å². The van der Waals surface area contributed by atoms with Gasteiger partial charge >= 0.3 is 0 Å². The van der Waals surface area contributed by atoms with Gasteiger partial charge in [0.15, 0.2) is 0 Å². The number of benzene rings is 2. The molecule has 1 amide bonds. The van der Waals surface area contributed by atoms with Crippen LogP contribution in [0.4, 0.5) is 10.1 Å². The third-order valence-corrected chi connectivity index (χ3v) is 5.58. The summed E-state index contributed by atoms with van der Waals surface area (Å²) >= 11 is 0. The summed E-state index contributed by atoms with van der Waals surface area (Å²) in [6, 6.07) is 11.0. The third kappa shape index (κ3) is 4.07. The minimum Gasteiger partial charge on any atom is -0.376 e. The van der Waals surface area contributed by atoms with Crippen LogP contribution in [0.25, 0.3) is 5.57 Å². The number of nitrogens with one attached hydrogen (secondary N) is 1. The lowest BCUT2D eigenvalue weighted by atomic mass is 10.0. The average molecular weight is 392 g/mol. The van der Waals surface area contributed by atoms with E-state index in [2.05, 4.69) is 34.6 Å². The van der Waals surface area contributed by atoms with Gasteiger partial charge in [0.2, 0.25) is 0 Å². The zero-order valence-corrected chi connectivity index (χ0v) is 17.0. The minimum absolute atomic E-state index is 0.0395. The van der Waals surface area contributed by atoms with E-state index in [1.165, 1.54) is 11.6 Å². The Labute approximate surface area is 170 Å². The van der Waals surface area contributed by atoms with Gasteiger partial charge in [0.05, 0.1) is 13.1 Å². The summed E-state index contributed by atoms with van der Waals surface area (Å²) in [6.07, 6.45) is 2.10. The number of anilines is 1. The highest BCUT2D eigenvalue weighted by atomic mass is 19.1. The van der Waals surface area contributed by atoms with E-state index in [1.807, 2.05) is 18.9 Å². The standard InChI is InChI=1S/C23H25FN4O/c1-15-4-5-17(19-8-16(2)25-11-19)10-22(15)26-12-23(29)27(3)28-13-18-6-7-21(24)9-20(18)14-28/h4-10,26H,11-14H2,1-3H3. The summed E-state index contributed by atoms with van der Waals surface area (Å²) in [5.74, 6) is -0.281. The molecule has 2 aromatic rings. The molecule has 0 spiro atoms. The highest BCUT2D eigenvalue weighted by Crippen LogP contribution is 2.26. The lowest BCUT2D eigenvalue weighted by Crippen LogP contribution is -2.43. The summed E-state index contributed by atoms with van der Waals surface area (Å²) in [7, 11) is 1.76. The molecule has 5 nitrogen and oxygen atoms in total. The summed E-state index contributed by atoms with van der Waals surface area (Å²) < 4.78 is 13.4. The third-order valence-electron chi connectivity index (χ3n) is 5.58. The molecule has 29 heavy (non-hydrogen) atoms. The molecule has 2 aliphatic rings. The Balaban J connectivity index is 1.39. The van der Waals surface area contributed by atoms with Gasteiger partial charge in [0, 0.05) is 31.5 Å². The van der Waals surface area contributed by atoms with Crippen LogP contribution in [0.5, 0.6) is 0 Å². The number of amides is 1. The number of aryl methyl sites for hydroxylation is 1. The van der Waals surface area contributed by atoms with Gasteiger partial charge in [0.25, 0.3) is 5.91 Å². The van der Waals surface area contributed by atoms with Gasteiger partial charge < -0.3 is 5.32 Å². The van der Waals surface area contributed by atoms with Crippen LogP contribution in [0.15, 0.2) is 47.5 Å². The van der Waals surface area contributed by atoms with E-state index in [4.69, 9.17) is 0 Å². The Bertz CT molecular complexity index is 1030. The molecule has 0 saturated carbocycles. The molecule has 0 radical (unpaired) electrons. The van der Waals surface area contributed by atoms with Crippen molar-refractivity contribution in [1.29, 1.82) is 0 Å². The van der Waals surface area contributed by atoms with E-state index in [1.54, 1.807) is 24.2 Å². The van der Waals surface area contributed by atoms with Crippen molar-refractivity contribution in [3.8, 4) is 0 Å². The molecule has 150 valence electrons. The number of halogens is 1. The number of allylic oxidation sites excluding steroid dienone is 1. The SMILES string of the molecule is CC1=NCC(c2ccc(C)c(NCC(=O)N(C)N3Cc4ccc(F)cc4C3)c2)=C1. The number of nitrogens with zero attached hydrogens (tertiary/aromatic N) is 3. The fourth-order valence-corrected chi connectivity index (χ4v) is 3.74. The Kier molecular flexibility index (Phi) is 5.20. The molecule has 0 fully saturated rings. The highest BCUT2D eigenvalue weighted by molar-refractivity contribution is 6.03. The normalized spacial score (nSPS) is 15.7. The first kappa shape index (κ1) is 19.3. The molecule has 0 unspecified atom stereocenters. The van der Waals surface area contributed by atoms with Crippen molar-refractivity contribution >= 4 is 22.9 Å². The number of hydrogen-bond donors (Lipinski definition) is 1. The number of rotatable bonds is 5. The molecule has 0 atom stereocenters. The van der Waals surface area contributed by atoms with Crippen molar-refractivity contribution < 1.29 is 9.18 Å². The smallest absolute Gasteiger partial charge is 0.255 e. The number of aliphatic imine (C=N–C) groups is 1. The maximum absolute atomic E-state index is 13.4. The highest BCUT2D eigenvalue weighted by Gasteiger charge is 2.25. The molecular formula is C23H25FN4O. The van der Waals surface area contributed by atoms with Gasteiger partial charge in [-0.05, 0) is 65.9 Å². The Morgan fingerprint density at radius 2 is 1.97 bits per heavy atom.